The summed E-state index contributed by atoms with van der Waals surface area (Å²) in [4.78, 5) is 29.5. The van der Waals surface area contributed by atoms with Gasteiger partial charge in [-0.1, -0.05) is 30.3 Å². The lowest BCUT2D eigenvalue weighted by atomic mass is 10.0. The number of rotatable bonds is 4. The highest BCUT2D eigenvalue weighted by Gasteiger charge is 2.43. The minimum Gasteiger partial charge on any atom is -0.484 e. The zero-order valence-corrected chi connectivity index (χ0v) is 18.0. The first-order valence-corrected chi connectivity index (χ1v) is 11.1. The zero-order valence-electron chi connectivity index (χ0n) is 18.0. The molecule has 2 aliphatic rings. The first kappa shape index (κ1) is 19.7. The fraction of sp³-hybridized carbons (Fsp3) is 0.280. The largest absolute Gasteiger partial charge is 0.484 e. The summed E-state index contributed by atoms with van der Waals surface area (Å²) >= 11 is 0. The first-order chi connectivity index (χ1) is 16.1. The second-order valence-electron chi connectivity index (χ2n) is 8.85. The number of ether oxygens (including phenoxy) is 1. The molecular weight excluding hydrogens is 418 g/mol. The molecule has 8 nitrogen and oxygen atoms in total. The van der Waals surface area contributed by atoms with E-state index in [9.17, 15) is 9.59 Å². The molecule has 2 saturated heterocycles. The summed E-state index contributed by atoms with van der Waals surface area (Å²) in [6, 6.07) is 19.3. The lowest BCUT2D eigenvalue weighted by Crippen LogP contribution is -2.37. The Morgan fingerprint density at radius 2 is 1.58 bits per heavy atom. The highest BCUT2D eigenvalue weighted by molar-refractivity contribution is 5.97. The number of carbonyl (C=O) groups is 2. The van der Waals surface area contributed by atoms with Crippen LogP contribution in [0.4, 0.5) is 0 Å². The van der Waals surface area contributed by atoms with Gasteiger partial charge in [-0.15, -0.1) is 0 Å². The highest BCUT2D eigenvalue weighted by Crippen LogP contribution is 2.32. The molecule has 0 spiro atoms. The number of hydrogen-bond donors (Lipinski definition) is 1. The number of benzene rings is 3. The number of aromatic nitrogens is 3. The monoisotopic (exact) mass is 441 g/mol. The van der Waals surface area contributed by atoms with E-state index in [1.54, 1.807) is 18.2 Å². The number of amides is 2. The number of likely N-dealkylation sites (tertiary alicyclic amines) is 2. The normalized spacial score (nSPS) is 19.9. The molecule has 2 amide bonds. The zero-order chi connectivity index (χ0) is 22.4. The molecule has 2 atom stereocenters. The summed E-state index contributed by atoms with van der Waals surface area (Å²) in [5.41, 5.74) is 2.04. The average Bonchev–Trinajstić information content (AvgIpc) is 3.56. The van der Waals surface area contributed by atoms with E-state index in [1.807, 2.05) is 52.3 Å². The van der Waals surface area contributed by atoms with Gasteiger partial charge in [-0.3, -0.25) is 9.59 Å². The van der Waals surface area contributed by atoms with Gasteiger partial charge in [0.2, 0.25) is 0 Å². The molecule has 3 aromatic carbocycles. The third kappa shape index (κ3) is 3.67. The minimum absolute atomic E-state index is 0.00631. The van der Waals surface area contributed by atoms with E-state index < -0.39 is 0 Å². The second-order valence-corrected chi connectivity index (χ2v) is 8.85. The second kappa shape index (κ2) is 7.88. The molecule has 33 heavy (non-hydrogen) atoms. The molecule has 2 fully saturated rings. The quantitative estimate of drug-likeness (QED) is 0.526. The molecule has 3 heterocycles. The summed E-state index contributed by atoms with van der Waals surface area (Å²) < 4.78 is 5.79. The van der Waals surface area contributed by atoms with Gasteiger partial charge in [0.1, 0.15) is 16.8 Å². The lowest BCUT2D eigenvalue weighted by molar-refractivity contribution is -0.132. The Balaban J connectivity index is 1.05. The summed E-state index contributed by atoms with van der Waals surface area (Å²) in [6.45, 7) is 2.68. The Hall–Kier alpha value is -3.94. The molecule has 8 heteroatoms. The van der Waals surface area contributed by atoms with Crippen LogP contribution in [-0.2, 0) is 4.79 Å². The van der Waals surface area contributed by atoms with Crippen LogP contribution in [0.1, 0.15) is 10.4 Å². The fourth-order valence-corrected chi connectivity index (χ4v) is 5.01. The van der Waals surface area contributed by atoms with Crippen LogP contribution >= 0.6 is 0 Å². The molecular formula is C25H23N5O3. The van der Waals surface area contributed by atoms with Crippen LogP contribution < -0.4 is 4.74 Å². The molecule has 166 valence electrons. The molecule has 0 radical (unpaired) electrons. The summed E-state index contributed by atoms with van der Waals surface area (Å²) in [6.07, 6.45) is 0. The van der Waals surface area contributed by atoms with Gasteiger partial charge in [-0.2, -0.15) is 15.4 Å². The third-order valence-electron chi connectivity index (χ3n) is 6.77. The third-order valence-corrected chi connectivity index (χ3v) is 6.77. The topological polar surface area (TPSA) is 91.4 Å². The standard InChI is InChI=1S/C25H23N5O3/c31-24(15-33-21-7-5-16-3-1-2-4-17(16)9-21)29-11-19-13-30(14-20(19)12-29)25(32)18-6-8-22-23(10-18)27-28-26-22/h1-10,19-20H,11-15H2,(H,26,27,28)/t19-,20-/m1/s1. The maximum atomic E-state index is 13.0. The van der Waals surface area contributed by atoms with Crippen molar-refractivity contribution in [2.75, 3.05) is 32.8 Å². The molecule has 1 aromatic heterocycles. The fourth-order valence-electron chi connectivity index (χ4n) is 5.01. The molecule has 1 N–H and O–H groups in total. The number of H-pyrrole nitrogens is 1. The number of fused-ring (bicyclic) bond motifs is 3. The van der Waals surface area contributed by atoms with Gasteiger partial charge in [0, 0.05) is 43.6 Å². The van der Waals surface area contributed by atoms with Crippen molar-refractivity contribution in [3.8, 4) is 5.75 Å². The Bertz CT molecular complexity index is 1350. The maximum Gasteiger partial charge on any atom is 0.260 e. The van der Waals surface area contributed by atoms with Crippen molar-refractivity contribution in [2.45, 2.75) is 0 Å². The van der Waals surface area contributed by atoms with Gasteiger partial charge < -0.3 is 14.5 Å². The summed E-state index contributed by atoms with van der Waals surface area (Å²) in [7, 11) is 0. The molecule has 4 aromatic rings. The van der Waals surface area contributed by atoms with Crippen LogP contribution in [0.3, 0.4) is 0 Å². The van der Waals surface area contributed by atoms with Crippen LogP contribution in [0.5, 0.6) is 5.75 Å². The molecule has 6 rings (SSSR count). The predicted molar refractivity (Wildman–Crippen MR) is 123 cm³/mol. The smallest absolute Gasteiger partial charge is 0.260 e. The van der Waals surface area contributed by atoms with E-state index in [1.165, 1.54) is 0 Å². The van der Waals surface area contributed by atoms with Crippen LogP contribution in [0.25, 0.3) is 21.8 Å². The molecule has 0 saturated carbocycles. The minimum atomic E-state index is -0.00748. The number of nitrogens with zero attached hydrogens (tertiary/aromatic N) is 4. The van der Waals surface area contributed by atoms with Gasteiger partial charge in [0.05, 0.1) is 0 Å². The van der Waals surface area contributed by atoms with Gasteiger partial charge in [-0.25, -0.2) is 0 Å². The summed E-state index contributed by atoms with van der Waals surface area (Å²) in [5, 5.41) is 12.9. The molecule has 0 aliphatic carbocycles. The van der Waals surface area contributed by atoms with E-state index in [4.69, 9.17) is 4.74 Å². The van der Waals surface area contributed by atoms with Crippen molar-refractivity contribution >= 4 is 33.6 Å². The molecule has 0 bridgehead atoms. The van der Waals surface area contributed by atoms with Gasteiger partial charge in [0.25, 0.3) is 11.8 Å². The van der Waals surface area contributed by atoms with E-state index in [-0.39, 0.29) is 18.4 Å². The Kier molecular flexibility index (Phi) is 4.71. The number of aromatic amines is 1. The van der Waals surface area contributed by atoms with Crippen LogP contribution in [0.15, 0.2) is 60.7 Å². The van der Waals surface area contributed by atoms with Crippen LogP contribution in [-0.4, -0.2) is 69.8 Å². The van der Waals surface area contributed by atoms with Gasteiger partial charge in [-0.05, 0) is 41.1 Å². The predicted octanol–water partition coefficient (Wildman–Crippen LogP) is 2.72. The van der Waals surface area contributed by atoms with Crippen molar-refractivity contribution in [3.63, 3.8) is 0 Å². The Morgan fingerprint density at radius 3 is 2.39 bits per heavy atom. The van der Waals surface area contributed by atoms with Crippen molar-refractivity contribution in [2.24, 2.45) is 11.8 Å². The van der Waals surface area contributed by atoms with Crippen molar-refractivity contribution in [1.29, 1.82) is 0 Å². The number of hydrogen-bond acceptors (Lipinski definition) is 5. The summed E-state index contributed by atoms with van der Waals surface area (Å²) in [5.74, 6) is 1.30. The van der Waals surface area contributed by atoms with Crippen molar-refractivity contribution in [3.05, 3.63) is 66.2 Å². The number of nitrogens with one attached hydrogen (secondary N) is 1. The Morgan fingerprint density at radius 1 is 0.848 bits per heavy atom. The van der Waals surface area contributed by atoms with E-state index >= 15 is 0 Å². The van der Waals surface area contributed by atoms with Gasteiger partial charge >= 0.3 is 0 Å². The lowest BCUT2D eigenvalue weighted by Gasteiger charge is -2.22. The van der Waals surface area contributed by atoms with E-state index in [0.717, 1.165) is 16.3 Å². The molecule has 0 unspecified atom stereocenters. The van der Waals surface area contributed by atoms with Crippen molar-refractivity contribution in [1.82, 2.24) is 25.2 Å². The van der Waals surface area contributed by atoms with Crippen molar-refractivity contribution < 1.29 is 14.3 Å². The average molecular weight is 441 g/mol. The highest BCUT2D eigenvalue weighted by atomic mass is 16.5. The van der Waals surface area contributed by atoms with E-state index in [2.05, 4.69) is 15.4 Å². The number of carbonyl (C=O) groups excluding carboxylic acids is 2. The SMILES string of the molecule is O=C(COc1ccc2ccccc2c1)N1C[C@@H]2CN(C(=O)c3ccc4n[nH]nc4c3)C[C@H]2C1. The maximum absolute atomic E-state index is 13.0. The van der Waals surface area contributed by atoms with Crippen LogP contribution in [0, 0.1) is 11.8 Å². The van der Waals surface area contributed by atoms with Crippen LogP contribution in [0.2, 0.25) is 0 Å². The van der Waals surface area contributed by atoms with Gasteiger partial charge in [0.15, 0.2) is 6.61 Å². The van der Waals surface area contributed by atoms with E-state index in [0.29, 0.717) is 54.8 Å². The first-order valence-electron chi connectivity index (χ1n) is 11.1. The molecule has 2 aliphatic heterocycles. The Labute approximate surface area is 190 Å².